The molecule has 0 unspecified atom stereocenters. The van der Waals surface area contributed by atoms with Crippen LogP contribution in [0, 0.1) is 13.8 Å². The Bertz CT molecular complexity index is 789. The highest BCUT2D eigenvalue weighted by molar-refractivity contribution is 6.00. The number of rotatable bonds is 1. The van der Waals surface area contributed by atoms with Crippen molar-refractivity contribution in [2.75, 3.05) is 5.73 Å². The van der Waals surface area contributed by atoms with Crippen molar-refractivity contribution in [2.24, 2.45) is 0 Å². The van der Waals surface area contributed by atoms with Crippen molar-refractivity contribution in [2.45, 2.75) is 13.8 Å². The molecule has 0 aliphatic heterocycles. The molecule has 0 spiro atoms. The zero-order valence-electron chi connectivity index (χ0n) is 11.4. The maximum Gasteiger partial charge on any atom is 0.154 e. The number of anilines is 1. The van der Waals surface area contributed by atoms with E-state index in [-0.39, 0.29) is 5.75 Å². The summed E-state index contributed by atoms with van der Waals surface area (Å²) in [6, 6.07) is 11.4. The molecule has 3 rings (SSSR count). The van der Waals surface area contributed by atoms with Crippen LogP contribution in [0.15, 0.2) is 36.4 Å². The number of aryl methyl sites for hydroxylation is 2. The van der Waals surface area contributed by atoms with Gasteiger partial charge in [0.25, 0.3) is 0 Å². The lowest BCUT2D eigenvalue weighted by molar-refractivity contribution is 0.476. The van der Waals surface area contributed by atoms with Gasteiger partial charge >= 0.3 is 0 Å². The molecule has 0 aliphatic rings. The molecule has 1 aromatic heterocycles. The summed E-state index contributed by atoms with van der Waals surface area (Å²) in [6.45, 7) is 3.90. The van der Waals surface area contributed by atoms with Gasteiger partial charge in [-0.25, -0.2) is 0 Å². The van der Waals surface area contributed by atoms with Gasteiger partial charge in [-0.3, -0.25) is 0 Å². The van der Waals surface area contributed by atoms with Crippen LogP contribution >= 0.6 is 0 Å². The molecule has 0 bridgehead atoms. The molecule has 0 amide bonds. The third-order valence-electron chi connectivity index (χ3n) is 3.41. The normalized spacial score (nSPS) is 10.9. The molecule has 0 aliphatic carbocycles. The Labute approximate surface area is 116 Å². The average Bonchev–Trinajstić information content (AvgIpc) is 2.40. The minimum Gasteiger partial charge on any atom is -0.507 e. The topological polar surface area (TPSA) is 72.0 Å². The Balaban J connectivity index is 2.39. The highest BCUT2D eigenvalue weighted by Gasteiger charge is 2.15. The molecule has 4 nitrogen and oxygen atoms in total. The van der Waals surface area contributed by atoms with E-state index in [0.29, 0.717) is 17.1 Å². The lowest BCUT2D eigenvalue weighted by Crippen LogP contribution is -1.98. The van der Waals surface area contributed by atoms with Crippen LogP contribution in [-0.4, -0.2) is 15.3 Å². The first kappa shape index (κ1) is 12.4. The molecule has 100 valence electrons. The maximum atomic E-state index is 10.3. The molecule has 3 aromatic rings. The van der Waals surface area contributed by atoms with Gasteiger partial charge in [0, 0.05) is 16.3 Å². The van der Waals surface area contributed by atoms with Crippen molar-refractivity contribution in [1.29, 1.82) is 0 Å². The second-order valence-electron chi connectivity index (χ2n) is 4.96. The zero-order valence-corrected chi connectivity index (χ0v) is 11.4. The minimum atomic E-state index is 0.215. The molecule has 20 heavy (non-hydrogen) atoms. The minimum absolute atomic E-state index is 0.215. The SMILES string of the molecule is Cc1cc(C)c(-c2nnc(N)c3ccccc23)c(O)c1. The third kappa shape index (κ3) is 1.86. The Morgan fingerprint density at radius 1 is 1.00 bits per heavy atom. The summed E-state index contributed by atoms with van der Waals surface area (Å²) >= 11 is 0. The van der Waals surface area contributed by atoms with Crippen molar-refractivity contribution in [1.82, 2.24) is 10.2 Å². The lowest BCUT2D eigenvalue weighted by Gasteiger charge is -2.12. The molecule has 0 atom stereocenters. The van der Waals surface area contributed by atoms with E-state index in [1.54, 1.807) is 6.07 Å². The standard InChI is InChI=1S/C16H15N3O/c1-9-7-10(2)14(13(20)8-9)15-11-5-3-4-6-12(11)16(17)19-18-15/h3-8,20H,1-2H3,(H2,17,19). The number of aromatic hydroxyl groups is 1. The number of benzene rings is 2. The van der Waals surface area contributed by atoms with Gasteiger partial charge < -0.3 is 10.8 Å². The number of nitrogens with two attached hydrogens (primary N) is 1. The van der Waals surface area contributed by atoms with Crippen molar-refractivity contribution < 1.29 is 5.11 Å². The van der Waals surface area contributed by atoms with Gasteiger partial charge in [0.1, 0.15) is 11.4 Å². The van der Waals surface area contributed by atoms with Crippen LogP contribution in [-0.2, 0) is 0 Å². The lowest BCUT2D eigenvalue weighted by atomic mass is 9.98. The average molecular weight is 265 g/mol. The maximum absolute atomic E-state index is 10.3. The largest absolute Gasteiger partial charge is 0.507 e. The highest BCUT2D eigenvalue weighted by atomic mass is 16.3. The van der Waals surface area contributed by atoms with Crippen LogP contribution in [0.4, 0.5) is 5.82 Å². The zero-order chi connectivity index (χ0) is 14.3. The summed E-state index contributed by atoms with van der Waals surface area (Å²) in [6.07, 6.45) is 0. The highest BCUT2D eigenvalue weighted by Crippen LogP contribution is 2.36. The first-order valence-electron chi connectivity index (χ1n) is 6.39. The van der Waals surface area contributed by atoms with Gasteiger partial charge in [-0.1, -0.05) is 30.3 Å². The summed E-state index contributed by atoms with van der Waals surface area (Å²) in [4.78, 5) is 0. The summed E-state index contributed by atoms with van der Waals surface area (Å²) in [7, 11) is 0. The monoisotopic (exact) mass is 265 g/mol. The Kier molecular flexibility index (Phi) is 2.79. The van der Waals surface area contributed by atoms with E-state index in [4.69, 9.17) is 5.73 Å². The first-order chi connectivity index (χ1) is 9.58. The molecule has 0 saturated heterocycles. The fraction of sp³-hybridized carbons (Fsp3) is 0.125. The number of hydrogen-bond donors (Lipinski definition) is 2. The quantitative estimate of drug-likeness (QED) is 0.708. The van der Waals surface area contributed by atoms with Gasteiger partial charge in [-0.05, 0) is 31.0 Å². The van der Waals surface area contributed by atoms with E-state index >= 15 is 0 Å². The molecular formula is C16H15N3O. The molecule has 0 fully saturated rings. The Morgan fingerprint density at radius 3 is 2.40 bits per heavy atom. The van der Waals surface area contributed by atoms with E-state index in [9.17, 15) is 5.11 Å². The number of nitrogen functional groups attached to an aromatic ring is 1. The number of hydrogen-bond acceptors (Lipinski definition) is 4. The number of phenols is 1. The summed E-state index contributed by atoms with van der Waals surface area (Å²) in [5.74, 6) is 0.611. The molecule has 0 radical (unpaired) electrons. The second kappa shape index (κ2) is 4.49. The number of fused-ring (bicyclic) bond motifs is 1. The molecule has 1 heterocycles. The van der Waals surface area contributed by atoms with Crippen LogP contribution in [0.3, 0.4) is 0 Å². The van der Waals surface area contributed by atoms with Gasteiger partial charge in [0.05, 0.1) is 0 Å². The first-order valence-corrected chi connectivity index (χ1v) is 6.39. The van der Waals surface area contributed by atoms with Gasteiger partial charge in [-0.2, -0.15) is 0 Å². The van der Waals surface area contributed by atoms with Crippen LogP contribution in [0.2, 0.25) is 0 Å². The fourth-order valence-electron chi connectivity index (χ4n) is 2.56. The Hall–Kier alpha value is -2.62. The molecule has 2 aromatic carbocycles. The number of nitrogens with zero attached hydrogens (tertiary/aromatic N) is 2. The fourth-order valence-corrected chi connectivity index (χ4v) is 2.56. The van der Waals surface area contributed by atoms with E-state index < -0.39 is 0 Å². The Morgan fingerprint density at radius 2 is 1.70 bits per heavy atom. The second-order valence-corrected chi connectivity index (χ2v) is 4.96. The summed E-state index contributed by atoms with van der Waals surface area (Å²) in [5, 5.41) is 20.2. The van der Waals surface area contributed by atoms with E-state index in [1.807, 2.05) is 44.2 Å². The van der Waals surface area contributed by atoms with Gasteiger partial charge in [0.2, 0.25) is 0 Å². The molecule has 4 heteroatoms. The predicted octanol–water partition coefficient (Wildman–Crippen LogP) is 3.20. The van der Waals surface area contributed by atoms with Crippen molar-refractivity contribution in [3.63, 3.8) is 0 Å². The van der Waals surface area contributed by atoms with Crippen molar-refractivity contribution in [3.05, 3.63) is 47.5 Å². The summed E-state index contributed by atoms with van der Waals surface area (Å²) < 4.78 is 0. The number of phenolic OH excluding ortho intramolecular Hbond substituents is 1. The third-order valence-corrected chi connectivity index (χ3v) is 3.41. The predicted molar refractivity (Wildman–Crippen MR) is 80.5 cm³/mol. The molecule has 3 N–H and O–H groups in total. The van der Waals surface area contributed by atoms with E-state index in [1.165, 1.54) is 0 Å². The van der Waals surface area contributed by atoms with Crippen LogP contribution < -0.4 is 5.73 Å². The van der Waals surface area contributed by atoms with E-state index in [2.05, 4.69) is 10.2 Å². The van der Waals surface area contributed by atoms with Crippen LogP contribution in [0.25, 0.3) is 22.0 Å². The molecular weight excluding hydrogens is 250 g/mol. The van der Waals surface area contributed by atoms with E-state index in [0.717, 1.165) is 21.9 Å². The van der Waals surface area contributed by atoms with Crippen LogP contribution in [0.1, 0.15) is 11.1 Å². The van der Waals surface area contributed by atoms with Crippen molar-refractivity contribution >= 4 is 16.6 Å². The van der Waals surface area contributed by atoms with Crippen LogP contribution in [0.5, 0.6) is 5.75 Å². The smallest absolute Gasteiger partial charge is 0.154 e. The van der Waals surface area contributed by atoms with Crippen molar-refractivity contribution in [3.8, 4) is 17.0 Å². The van der Waals surface area contributed by atoms with Gasteiger partial charge in [0.15, 0.2) is 5.82 Å². The molecule has 0 saturated carbocycles. The number of aromatic nitrogens is 2. The summed E-state index contributed by atoms with van der Waals surface area (Å²) in [5.41, 5.74) is 9.21. The van der Waals surface area contributed by atoms with Gasteiger partial charge in [-0.15, -0.1) is 10.2 Å².